The minimum absolute atomic E-state index is 0.0245. The minimum Gasteiger partial charge on any atom is -0.444 e. The Morgan fingerprint density at radius 3 is 1.56 bits per heavy atom. The molecule has 0 saturated carbocycles. The summed E-state index contributed by atoms with van der Waals surface area (Å²) in [5, 5.41) is 74.6. The Morgan fingerprint density at radius 2 is 1.07 bits per heavy atom. The molecule has 6 aliphatic heterocycles. The second-order valence-electron chi connectivity index (χ2n) is 27.1. The summed E-state index contributed by atoms with van der Waals surface area (Å²) in [5.74, 6) is 0.227. The first kappa shape index (κ1) is 76.3. The monoisotopic (exact) mass is 1610 g/mol. The van der Waals surface area contributed by atoms with E-state index < -0.39 is 44.4 Å². The summed E-state index contributed by atoms with van der Waals surface area (Å²) in [6, 6.07) is 14.2. The second kappa shape index (κ2) is 30.6. The van der Waals surface area contributed by atoms with Crippen LogP contribution in [0.2, 0.25) is 15.9 Å². The van der Waals surface area contributed by atoms with E-state index in [1.165, 1.54) is 20.5 Å². The Hall–Kier alpha value is -9.90. The Morgan fingerprint density at radius 1 is 0.611 bits per heavy atom. The summed E-state index contributed by atoms with van der Waals surface area (Å²) in [6.45, 7) is 11.2. The number of aliphatic hydroxyl groups excluding tert-OH is 1. The van der Waals surface area contributed by atoms with Gasteiger partial charge in [0, 0.05) is 93.2 Å². The van der Waals surface area contributed by atoms with Crippen LogP contribution in [0.4, 0.5) is 4.79 Å². The molecule has 0 aromatic carbocycles. The van der Waals surface area contributed by atoms with Gasteiger partial charge in [-0.15, -0.1) is 34.4 Å². The van der Waals surface area contributed by atoms with Crippen molar-refractivity contribution < 1.29 is 32.6 Å². The average molecular weight is 1620 g/mol. The molecule has 16 rings (SSSR count). The number of amides is 3. The number of aliphatic hydroxyl groups is 1. The SMILES string of the molecule is CC(C)(C)OC(=O)N1CC(CC#N)(n2cc(C3=NC(Cl)=NC4C=CSC34)cn2)C1.CCC(=O)N1CC(CC#N)(n2cc(-c3nc(Cl)nc4ccsc34)cn2)C1.CCS(=O)(=O)N1CC(CC#N)(n2cc(-c3nc(Cl)nc4ccnn34)cn2)C1.N#CCC1(n2cc(-c3nc(Cl)nc4ccsc34)cn2)CN(C(=O)CO)C1. The molecule has 2 unspecified atom stereocenters. The molecule has 33 nitrogen and oxygen atoms in total. The lowest BCUT2D eigenvalue weighted by molar-refractivity contribution is -0.145. The zero-order valence-electron chi connectivity index (χ0n) is 58.2. The summed E-state index contributed by atoms with van der Waals surface area (Å²) >= 11 is 28.9. The molecule has 0 aliphatic carbocycles. The summed E-state index contributed by atoms with van der Waals surface area (Å²) in [5.41, 5.74) is 4.53. The normalized spacial score (nSPS) is 18.4. The fourth-order valence-electron chi connectivity index (χ4n) is 13.2. The van der Waals surface area contributed by atoms with Gasteiger partial charge in [-0.2, -0.15) is 65.3 Å². The van der Waals surface area contributed by atoms with Crippen LogP contribution in [0.1, 0.15) is 72.3 Å². The first-order valence-corrected chi connectivity index (χ1v) is 39.2. The molecule has 4 fully saturated rings. The molecule has 0 bridgehead atoms. The van der Waals surface area contributed by atoms with Gasteiger partial charge in [-0.3, -0.25) is 28.3 Å². The number of carbonyl (C=O) groups excluding carboxylic acids is 3. The number of sulfonamides is 1. The number of thioether (sulfide) groups is 1. The van der Waals surface area contributed by atoms with E-state index >= 15 is 0 Å². The highest BCUT2D eigenvalue weighted by Gasteiger charge is 2.52. The number of carbonyl (C=O) groups is 3. The van der Waals surface area contributed by atoms with Crippen LogP contribution in [0.25, 0.3) is 60.0 Å². The zero-order valence-corrected chi connectivity index (χ0v) is 64.5. The summed E-state index contributed by atoms with van der Waals surface area (Å²) in [7, 11) is -3.30. The number of fused-ring (bicyclic) bond motifs is 4. The summed E-state index contributed by atoms with van der Waals surface area (Å²) in [4.78, 5) is 74.9. The topological polar surface area (TPSA) is 414 Å². The minimum atomic E-state index is -3.30. The van der Waals surface area contributed by atoms with Gasteiger partial charge in [0.15, 0.2) is 11.5 Å². The van der Waals surface area contributed by atoms with E-state index in [-0.39, 0.29) is 88.4 Å². The molecule has 108 heavy (non-hydrogen) atoms. The van der Waals surface area contributed by atoms with Crippen molar-refractivity contribution >= 4 is 146 Å². The largest absolute Gasteiger partial charge is 0.444 e. The Labute approximate surface area is 649 Å². The van der Waals surface area contributed by atoms with Crippen LogP contribution < -0.4 is 0 Å². The number of amidine groups is 1. The first-order valence-electron chi connectivity index (χ1n) is 33.4. The van der Waals surface area contributed by atoms with Crippen LogP contribution in [-0.2, 0) is 46.5 Å². The fraction of sp³-hybridized carbons (Fsp3) is 0.403. The van der Waals surface area contributed by atoms with E-state index in [9.17, 15) is 43.8 Å². The van der Waals surface area contributed by atoms with Crippen molar-refractivity contribution in [3.8, 4) is 58.2 Å². The molecule has 4 saturated heterocycles. The van der Waals surface area contributed by atoms with Crippen LogP contribution in [-0.4, -0.2) is 222 Å². The highest BCUT2D eigenvalue weighted by atomic mass is 35.5. The van der Waals surface area contributed by atoms with E-state index in [0.29, 0.717) is 74.8 Å². The van der Waals surface area contributed by atoms with Crippen molar-refractivity contribution in [3.63, 3.8) is 0 Å². The van der Waals surface area contributed by atoms with Crippen LogP contribution in [0, 0.1) is 45.3 Å². The number of nitriles is 4. The molecule has 41 heteroatoms. The lowest BCUT2D eigenvalue weighted by Crippen LogP contribution is -2.64. The van der Waals surface area contributed by atoms with Crippen molar-refractivity contribution in [2.45, 2.75) is 106 Å². The van der Waals surface area contributed by atoms with E-state index in [0.717, 1.165) is 48.5 Å². The van der Waals surface area contributed by atoms with Crippen molar-refractivity contribution in [2.24, 2.45) is 9.98 Å². The predicted molar refractivity (Wildman–Crippen MR) is 403 cm³/mol. The molecule has 3 amide bonds. The number of nitrogens with zero attached hydrogens (tertiary/aromatic N) is 26. The fourth-order valence-corrected chi connectivity index (χ4v) is 17.9. The second-order valence-corrected chi connectivity index (χ2v) is 33.6. The van der Waals surface area contributed by atoms with Crippen LogP contribution >= 0.6 is 80.8 Å². The van der Waals surface area contributed by atoms with Crippen molar-refractivity contribution in [3.05, 3.63) is 118 Å². The number of likely N-dealkylation sites (tertiary alicyclic amines) is 3. The van der Waals surface area contributed by atoms with E-state index in [1.54, 1.807) is 106 Å². The van der Waals surface area contributed by atoms with Gasteiger partial charge in [0.05, 0.1) is 154 Å². The number of hydrogen-bond acceptors (Lipinski definition) is 27. The van der Waals surface area contributed by atoms with Gasteiger partial charge in [-0.1, -0.05) is 13.0 Å². The molecule has 2 atom stereocenters. The molecule has 0 radical (unpaired) electrons. The van der Waals surface area contributed by atoms with E-state index in [1.807, 2.05) is 80.7 Å². The average Bonchev–Trinajstić information content (AvgIpc) is 1.51. The molecule has 556 valence electrons. The van der Waals surface area contributed by atoms with Crippen LogP contribution in [0.5, 0.6) is 0 Å². The molecule has 10 aromatic heterocycles. The standard InChI is InChI=1S/C19H21ClN6O2S.C17H15ClN6OS.C16H13ClN6O2S.C15H15ClN8O2S/c1-18(2,3)28-17(27)25-10-19(11-25,5-6-21)26-9-12(8-22-26)14-15-13(4-7-29-15)23-16(20)24-14;1-2-13(25)23-9-17(10-23,4-5-19)24-8-11(7-20-24)14-15-12(3-6-26-15)21-16(18)22-14;17-15-20-11-1-4-26-14(11)13(21-15)10-5-19-23(6-10)16(2-3-18)8-22(9-16)12(25)7-24;1-2-27(25,26)22-9-15(10-22,4-5-17)23-8-11(7-19-23)13-21-14(16)20-12-3-6-18-24(12)13/h4,7-9,13,15H,5,10-11H2,1-3H3;3,6-8H,2,4,9-10H2,1H3;1,4-6,24H,2,7-9H2;3,6-8H,2,4,9-10H2,1H3. The number of halogens is 4. The Kier molecular flexibility index (Phi) is 21.6. The van der Waals surface area contributed by atoms with Crippen LogP contribution in [0.3, 0.4) is 0 Å². The van der Waals surface area contributed by atoms with Gasteiger partial charge in [0.2, 0.25) is 43.0 Å². The van der Waals surface area contributed by atoms with Crippen molar-refractivity contribution in [1.82, 2.24) is 97.6 Å². The number of aromatic nitrogens is 16. The third-order valence-corrected chi connectivity index (χ3v) is 24.1. The first-order chi connectivity index (χ1) is 51.7. The van der Waals surface area contributed by atoms with E-state index in [4.69, 9.17) is 56.2 Å². The molecule has 6 aliphatic rings. The molecule has 16 heterocycles. The van der Waals surface area contributed by atoms with Gasteiger partial charge in [-0.25, -0.2) is 43.1 Å². The number of rotatable bonds is 16. The van der Waals surface area contributed by atoms with Crippen molar-refractivity contribution in [1.29, 1.82) is 21.0 Å². The molecule has 1 N–H and O–H groups in total. The smallest absolute Gasteiger partial charge is 0.410 e. The maximum atomic E-state index is 12.3. The number of ether oxygens (including phenoxy) is 1. The van der Waals surface area contributed by atoms with Gasteiger partial charge >= 0.3 is 6.09 Å². The number of hydrogen-bond donors (Lipinski definition) is 1. The quantitative estimate of drug-likeness (QED) is 0.0697. The summed E-state index contributed by atoms with van der Waals surface area (Å²) < 4.78 is 41.2. The molecular weight excluding hydrogens is 1550 g/mol. The number of thiophene rings is 2. The molecular formula is C67H64Cl4N26O7S4. The maximum absolute atomic E-state index is 12.3. The van der Waals surface area contributed by atoms with E-state index in [2.05, 4.69) is 89.7 Å². The highest BCUT2D eigenvalue weighted by molar-refractivity contribution is 8.03. The van der Waals surface area contributed by atoms with Gasteiger partial charge in [0.1, 0.15) is 34.4 Å². The third-order valence-electron chi connectivity index (χ3n) is 18.7. The van der Waals surface area contributed by atoms with Gasteiger partial charge in [0.25, 0.3) is 0 Å². The maximum Gasteiger partial charge on any atom is 0.410 e. The predicted octanol–water partition coefficient (Wildman–Crippen LogP) is 8.77. The highest BCUT2D eigenvalue weighted by Crippen LogP contribution is 2.41. The number of aliphatic imine (C=N–C) groups is 2. The van der Waals surface area contributed by atoms with Crippen molar-refractivity contribution in [2.75, 3.05) is 64.7 Å². The third kappa shape index (κ3) is 15.1. The van der Waals surface area contributed by atoms with Gasteiger partial charge in [-0.05, 0) is 102 Å². The lowest BCUT2D eigenvalue weighted by Gasteiger charge is -2.49. The lowest BCUT2D eigenvalue weighted by atomic mass is 9.86. The van der Waals surface area contributed by atoms with Gasteiger partial charge < -0.3 is 24.5 Å². The van der Waals surface area contributed by atoms with Crippen LogP contribution in [0.15, 0.2) is 106 Å². The molecule has 10 aromatic rings. The Balaban J connectivity index is 0.000000127. The Bertz CT molecular complexity index is 5360. The summed E-state index contributed by atoms with van der Waals surface area (Å²) in [6.07, 6.45) is 18.6. The molecule has 0 spiro atoms. The zero-order chi connectivity index (χ0) is 76.7.